The van der Waals surface area contributed by atoms with Crippen molar-refractivity contribution in [3.05, 3.63) is 83.9 Å². The van der Waals surface area contributed by atoms with E-state index in [0.717, 1.165) is 0 Å². The van der Waals surface area contributed by atoms with E-state index in [1.807, 2.05) is 36.4 Å². The van der Waals surface area contributed by atoms with Crippen LogP contribution in [0.25, 0.3) is 0 Å². The lowest BCUT2D eigenvalue weighted by Crippen LogP contribution is -2.31. The second kappa shape index (κ2) is 6.70. The Labute approximate surface area is 126 Å². The average Bonchev–Trinajstić information content (AvgIpc) is 2.55. The first-order valence-corrected chi connectivity index (χ1v) is 7.37. The lowest BCUT2D eigenvalue weighted by Gasteiger charge is -2.30. The predicted molar refractivity (Wildman–Crippen MR) is 83.9 cm³/mol. The lowest BCUT2D eigenvalue weighted by molar-refractivity contribution is -0.0799. The van der Waals surface area contributed by atoms with Crippen LogP contribution in [0.5, 0.6) is 0 Å². The molecule has 0 aromatic heterocycles. The van der Waals surface area contributed by atoms with Gasteiger partial charge in [0.25, 0.3) is 0 Å². The zero-order valence-corrected chi connectivity index (χ0v) is 12.2. The molecule has 0 spiro atoms. The molecule has 2 heteroatoms. The van der Waals surface area contributed by atoms with Crippen molar-refractivity contribution in [3.63, 3.8) is 0 Å². The van der Waals surface area contributed by atoms with Crippen LogP contribution in [0.2, 0.25) is 0 Å². The summed E-state index contributed by atoms with van der Waals surface area (Å²) in [4.78, 5) is 0. The van der Waals surface area contributed by atoms with Crippen LogP contribution >= 0.6 is 0 Å². The van der Waals surface area contributed by atoms with Gasteiger partial charge in [-0.1, -0.05) is 72.8 Å². The number of hydrogen-bond donors (Lipinski definition) is 0. The van der Waals surface area contributed by atoms with Crippen molar-refractivity contribution in [2.45, 2.75) is 31.8 Å². The number of hydrogen-bond acceptors (Lipinski definition) is 2. The summed E-state index contributed by atoms with van der Waals surface area (Å²) in [6.07, 6.45) is 4.28. The maximum Gasteiger partial charge on any atom is 0.102 e. The minimum atomic E-state index is 0.00479. The normalized spacial score (nSPS) is 24.9. The maximum atomic E-state index is 6.06. The summed E-state index contributed by atoms with van der Waals surface area (Å²) in [7, 11) is 0. The van der Waals surface area contributed by atoms with E-state index in [4.69, 9.17) is 9.47 Å². The van der Waals surface area contributed by atoms with Gasteiger partial charge in [-0.3, -0.25) is 0 Å². The fourth-order valence-electron chi connectivity index (χ4n) is 2.51. The monoisotopic (exact) mass is 280 g/mol. The molecule has 21 heavy (non-hydrogen) atoms. The van der Waals surface area contributed by atoms with Gasteiger partial charge in [0.15, 0.2) is 0 Å². The molecular formula is C19H20O2. The number of rotatable bonds is 4. The average molecular weight is 280 g/mol. The van der Waals surface area contributed by atoms with Crippen molar-refractivity contribution in [3.8, 4) is 0 Å². The Morgan fingerprint density at radius 2 is 1.57 bits per heavy atom. The van der Waals surface area contributed by atoms with E-state index in [9.17, 15) is 0 Å². The minimum Gasteiger partial charge on any atom is -0.367 e. The quantitative estimate of drug-likeness (QED) is 0.778. The molecule has 3 rings (SSSR count). The van der Waals surface area contributed by atoms with Crippen molar-refractivity contribution in [1.29, 1.82) is 0 Å². The van der Waals surface area contributed by atoms with Gasteiger partial charge in [0.2, 0.25) is 0 Å². The third-order valence-electron chi connectivity index (χ3n) is 3.71. The molecule has 1 heterocycles. The molecule has 0 amide bonds. The Bertz CT molecular complexity index is 577. The lowest BCUT2D eigenvalue weighted by atomic mass is 10.0. The van der Waals surface area contributed by atoms with E-state index in [0.29, 0.717) is 6.61 Å². The summed E-state index contributed by atoms with van der Waals surface area (Å²) in [6, 6.07) is 20.5. The first-order chi connectivity index (χ1) is 10.3. The van der Waals surface area contributed by atoms with Gasteiger partial charge in [-0.2, -0.15) is 0 Å². The minimum absolute atomic E-state index is 0.00479. The van der Waals surface area contributed by atoms with Gasteiger partial charge in [0.1, 0.15) is 12.2 Å². The van der Waals surface area contributed by atoms with E-state index in [2.05, 4.69) is 43.3 Å². The van der Waals surface area contributed by atoms with Gasteiger partial charge in [-0.05, 0) is 18.1 Å². The van der Waals surface area contributed by atoms with Crippen molar-refractivity contribution in [1.82, 2.24) is 0 Å². The van der Waals surface area contributed by atoms with Crippen LogP contribution in [-0.4, -0.2) is 12.2 Å². The molecular weight excluding hydrogens is 260 g/mol. The van der Waals surface area contributed by atoms with Crippen LogP contribution in [0.1, 0.15) is 24.2 Å². The summed E-state index contributed by atoms with van der Waals surface area (Å²) in [5.74, 6) is 0. The molecule has 2 aromatic rings. The van der Waals surface area contributed by atoms with Gasteiger partial charge < -0.3 is 9.47 Å². The topological polar surface area (TPSA) is 18.5 Å². The fourth-order valence-corrected chi connectivity index (χ4v) is 2.51. The van der Waals surface area contributed by atoms with Crippen molar-refractivity contribution in [2.24, 2.45) is 0 Å². The molecule has 0 radical (unpaired) electrons. The van der Waals surface area contributed by atoms with Crippen LogP contribution in [0.3, 0.4) is 0 Å². The van der Waals surface area contributed by atoms with Crippen molar-refractivity contribution < 1.29 is 9.47 Å². The Morgan fingerprint density at radius 3 is 2.24 bits per heavy atom. The van der Waals surface area contributed by atoms with Gasteiger partial charge in [0.05, 0.1) is 12.7 Å². The third kappa shape index (κ3) is 3.60. The van der Waals surface area contributed by atoms with Crippen LogP contribution < -0.4 is 0 Å². The maximum absolute atomic E-state index is 6.06. The Morgan fingerprint density at radius 1 is 0.905 bits per heavy atom. The molecule has 108 valence electrons. The van der Waals surface area contributed by atoms with Crippen molar-refractivity contribution >= 4 is 0 Å². The molecule has 0 fully saturated rings. The molecule has 1 aliphatic rings. The van der Waals surface area contributed by atoms with Crippen LogP contribution in [-0.2, 0) is 16.1 Å². The largest absolute Gasteiger partial charge is 0.367 e. The fraction of sp³-hybridized carbons (Fsp3) is 0.263. The molecule has 2 nitrogen and oxygen atoms in total. The van der Waals surface area contributed by atoms with Gasteiger partial charge in [0, 0.05) is 0 Å². The van der Waals surface area contributed by atoms with Crippen LogP contribution in [0.4, 0.5) is 0 Å². The highest BCUT2D eigenvalue weighted by molar-refractivity contribution is 5.23. The SMILES string of the molecule is C[C@@H]1O[C@@H](c2ccccc2)C=C[C@H]1OCc1ccccc1. The van der Waals surface area contributed by atoms with Gasteiger partial charge in [-0.25, -0.2) is 0 Å². The Hall–Kier alpha value is -1.90. The van der Waals surface area contributed by atoms with Gasteiger partial charge in [-0.15, -0.1) is 0 Å². The van der Waals surface area contributed by atoms with E-state index in [1.54, 1.807) is 0 Å². The van der Waals surface area contributed by atoms with E-state index in [1.165, 1.54) is 11.1 Å². The van der Waals surface area contributed by atoms with E-state index < -0.39 is 0 Å². The van der Waals surface area contributed by atoms with E-state index >= 15 is 0 Å². The zero-order valence-electron chi connectivity index (χ0n) is 12.2. The highest BCUT2D eigenvalue weighted by Crippen LogP contribution is 2.27. The zero-order chi connectivity index (χ0) is 14.5. The van der Waals surface area contributed by atoms with E-state index in [-0.39, 0.29) is 18.3 Å². The Kier molecular flexibility index (Phi) is 4.49. The summed E-state index contributed by atoms with van der Waals surface area (Å²) in [5.41, 5.74) is 2.37. The molecule has 3 atom stereocenters. The number of ether oxygens (including phenoxy) is 2. The summed E-state index contributed by atoms with van der Waals surface area (Å²) in [5, 5.41) is 0. The molecule has 2 aromatic carbocycles. The van der Waals surface area contributed by atoms with Crippen molar-refractivity contribution in [2.75, 3.05) is 0 Å². The number of benzene rings is 2. The second-order valence-electron chi connectivity index (χ2n) is 5.32. The summed E-state index contributed by atoms with van der Waals surface area (Å²) < 4.78 is 12.0. The molecule has 0 aliphatic carbocycles. The van der Waals surface area contributed by atoms with Crippen LogP contribution in [0, 0.1) is 0 Å². The second-order valence-corrected chi connectivity index (χ2v) is 5.32. The highest BCUT2D eigenvalue weighted by atomic mass is 16.5. The third-order valence-corrected chi connectivity index (χ3v) is 3.71. The molecule has 0 unspecified atom stereocenters. The molecule has 1 aliphatic heterocycles. The first kappa shape index (κ1) is 14.1. The molecule has 0 saturated heterocycles. The van der Waals surface area contributed by atoms with Crippen LogP contribution in [0.15, 0.2) is 72.8 Å². The summed E-state index contributed by atoms with van der Waals surface area (Å²) >= 11 is 0. The molecule has 0 saturated carbocycles. The Balaban J connectivity index is 1.61. The van der Waals surface area contributed by atoms with Gasteiger partial charge >= 0.3 is 0 Å². The first-order valence-electron chi connectivity index (χ1n) is 7.37. The predicted octanol–water partition coefficient (Wildman–Crippen LogP) is 4.29. The molecule has 0 N–H and O–H groups in total. The standard InChI is InChI=1S/C19H20O2/c1-15-18(20-14-16-8-4-2-5-9-16)12-13-19(21-15)17-10-6-3-7-11-17/h2-13,15,18-19H,14H2,1H3/t15-,18+,19+/m0/s1. The molecule has 0 bridgehead atoms. The highest BCUT2D eigenvalue weighted by Gasteiger charge is 2.24. The smallest absolute Gasteiger partial charge is 0.102 e. The summed E-state index contributed by atoms with van der Waals surface area (Å²) in [6.45, 7) is 2.68.